The van der Waals surface area contributed by atoms with Crippen molar-refractivity contribution in [1.29, 1.82) is 0 Å². The van der Waals surface area contributed by atoms with E-state index in [1.165, 1.54) is 6.07 Å². The molecule has 3 aromatic rings. The molecule has 3 rings (SSSR count). The third kappa shape index (κ3) is 5.48. The Kier molecular flexibility index (Phi) is 7.20. The lowest BCUT2D eigenvalue weighted by Gasteiger charge is -2.09. The highest BCUT2D eigenvalue weighted by atomic mass is 35.5. The number of ketones is 1. The van der Waals surface area contributed by atoms with Crippen LogP contribution in [0.3, 0.4) is 0 Å². The van der Waals surface area contributed by atoms with E-state index in [1.807, 2.05) is 13.8 Å². The normalized spacial score (nSPS) is 11.0. The number of aromatic nitrogens is 1. The van der Waals surface area contributed by atoms with Crippen molar-refractivity contribution in [2.24, 2.45) is 0 Å². The number of carbonyl (C=O) groups excluding carboxylic acids is 1. The molecular formula is C24H24ClNO6. The standard InChI is InChI=1S/C24H24ClNO6/c1-13(2)23-18(26-24(32-23)17-6-5-16(25)11-20(17)28)7-8-19(27)15-4-9-21(14(3)10-15)31-12-22(29)30/h4-6,9-11,13,28H,7-8,12H2,1-3H3,(H,29,30). The molecule has 0 radical (unpaired) electrons. The number of aliphatic carboxylic acids is 1. The second-order valence-electron chi connectivity index (χ2n) is 7.73. The van der Waals surface area contributed by atoms with Crippen molar-refractivity contribution in [3.05, 3.63) is 64.0 Å². The Bertz CT molecular complexity index is 1150. The first-order valence-corrected chi connectivity index (χ1v) is 10.5. The number of rotatable bonds is 9. The smallest absolute Gasteiger partial charge is 0.341 e. The van der Waals surface area contributed by atoms with Gasteiger partial charge < -0.3 is 19.4 Å². The van der Waals surface area contributed by atoms with E-state index >= 15 is 0 Å². The molecule has 0 bridgehead atoms. The summed E-state index contributed by atoms with van der Waals surface area (Å²) in [7, 11) is 0. The van der Waals surface area contributed by atoms with Crippen molar-refractivity contribution >= 4 is 23.4 Å². The zero-order chi connectivity index (χ0) is 23.4. The zero-order valence-corrected chi connectivity index (χ0v) is 18.8. The van der Waals surface area contributed by atoms with E-state index in [2.05, 4.69) is 4.98 Å². The number of nitrogens with zero attached hydrogens (tertiary/aromatic N) is 1. The van der Waals surface area contributed by atoms with Crippen molar-refractivity contribution < 1.29 is 29.0 Å². The van der Waals surface area contributed by atoms with Gasteiger partial charge in [0.25, 0.3) is 0 Å². The number of oxazole rings is 1. The number of carbonyl (C=O) groups is 2. The number of hydrogen-bond donors (Lipinski definition) is 2. The van der Waals surface area contributed by atoms with E-state index in [0.717, 1.165) is 0 Å². The Morgan fingerprint density at radius 1 is 1.19 bits per heavy atom. The van der Waals surface area contributed by atoms with Gasteiger partial charge in [0.1, 0.15) is 17.3 Å². The number of carboxylic acid groups (broad SMARTS) is 1. The van der Waals surface area contributed by atoms with Gasteiger partial charge in [-0.15, -0.1) is 0 Å². The molecule has 7 nitrogen and oxygen atoms in total. The number of phenols is 1. The molecule has 2 N–H and O–H groups in total. The maximum Gasteiger partial charge on any atom is 0.341 e. The lowest BCUT2D eigenvalue weighted by molar-refractivity contribution is -0.139. The van der Waals surface area contributed by atoms with Gasteiger partial charge in [0.05, 0.1) is 11.3 Å². The summed E-state index contributed by atoms with van der Waals surface area (Å²) in [6.07, 6.45) is 0.591. The van der Waals surface area contributed by atoms with Crippen molar-refractivity contribution in [3.63, 3.8) is 0 Å². The highest BCUT2D eigenvalue weighted by Gasteiger charge is 2.20. The molecule has 32 heavy (non-hydrogen) atoms. The fourth-order valence-electron chi connectivity index (χ4n) is 3.30. The third-order valence-corrected chi connectivity index (χ3v) is 5.11. The maximum absolute atomic E-state index is 12.7. The van der Waals surface area contributed by atoms with Crippen molar-refractivity contribution in [3.8, 4) is 23.0 Å². The molecule has 2 aromatic carbocycles. The minimum atomic E-state index is -1.07. The van der Waals surface area contributed by atoms with Crippen molar-refractivity contribution in [1.82, 2.24) is 4.98 Å². The third-order valence-electron chi connectivity index (χ3n) is 4.88. The van der Waals surface area contributed by atoms with Crippen LogP contribution in [0.25, 0.3) is 11.5 Å². The van der Waals surface area contributed by atoms with Crippen LogP contribution in [-0.2, 0) is 11.2 Å². The molecule has 0 unspecified atom stereocenters. The molecule has 168 valence electrons. The predicted octanol–water partition coefficient (Wildman–Crippen LogP) is 5.41. The molecule has 0 fully saturated rings. The first-order valence-electron chi connectivity index (χ1n) is 10.1. The highest BCUT2D eigenvalue weighted by molar-refractivity contribution is 6.30. The van der Waals surface area contributed by atoms with Gasteiger partial charge >= 0.3 is 5.97 Å². The Balaban J connectivity index is 1.76. The summed E-state index contributed by atoms with van der Waals surface area (Å²) in [5.41, 5.74) is 2.29. The molecule has 0 aliphatic heterocycles. The summed E-state index contributed by atoms with van der Waals surface area (Å²) in [5, 5.41) is 19.3. The van der Waals surface area contributed by atoms with Crippen LogP contribution in [0.1, 0.15) is 53.6 Å². The molecule has 0 saturated carbocycles. The number of halogens is 1. The zero-order valence-electron chi connectivity index (χ0n) is 18.0. The Morgan fingerprint density at radius 3 is 2.56 bits per heavy atom. The highest BCUT2D eigenvalue weighted by Crippen LogP contribution is 2.34. The number of benzene rings is 2. The van der Waals surface area contributed by atoms with Crippen LogP contribution >= 0.6 is 11.6 Å². The van der Waals surface area contributed by atoms with Gasteiger partial charge in [-0.1, -0.05) is 25.4 Å². The van der Waals surface area contributed by atoms with Gasteiger partial charge in [-0.25, -0.2) is 9.78 Å². The monoisotopic (exact) mass is 457 g/mol. The number of Topliss-reactive ketones (excluding diaryl/α,β-unsaturated/α-hetero) is 1. The molecule has 0 saturated heterocycles. The van der Waals surface area contributed by atoms with Crippen LogP contribution < -0.4 is 4.74 Å². The van der Waals surface area contributed by atoms with Gasteiger partial charge in [-0.2, -0.15) is 0 Å². The molecule has 0 amide bonds. The largest absolute Gasteiger partial charge is 0.507 e. The van der Waals surface area contributed by atoms with Crippen LogP contribution in [-0.4, -0.2) is 33.6 Å². The van der Waals surface area contributed by atoms with Gasteiger partial charge in [0, 0.05) is 29.3 Å². The Morgan fingerprint density at radius 2 is 1.94 bits per heavy atom. The van der Waals surface area contributed by atoms with E-state index in [0.29, 0.717) is 45.3 Å². The number of carboxylic acids is 1. The van der Waals surface area contributed by atoms with E-state index in [9.17, 15) is 14.7 Å². The minimum absolute atomic E-state index is 0.0302. The molecule has 1 aromatic heterocycles. The molecule has 0 aliphatic rings. The van der Waals surface area contributed by atoms with Crippen molar-refractivity contribution in [2.45, 2.75) is 39.5 Å². The first-order chi connectivity index (χ1) is 15.2. The number of aromatic hydroxyl groups is 1. The van der Waals surface area contributed by atoms with E-state index in [1.54, 1.807) is 37.3 Å². The minimum Gasteiger partial charge on any atom is -0.507 e. The fourth-order valence-corrected chi connectivity index (χ4v) is 3.46. The summed E-state index contributed by atoms with van der Waals surface area (Å²) in [5.74, 6) is 0.240. The number of ether oxygens (including phenoxy) is 1. The van der Waals surface area contributed by atoms with Crippen LogP contribution in [0, 0.1) is 6.92 Å². The van der Waals surface area contributed by atoms with E-state index in [-0.39, 0.29) is 29.8 Å². The van der Waals surface area contributed by atoms with E-state index < -0.39 is 12.6 Å². The second-order valence-corrected chi connectivity index (χ2v) is 8.17. The van der Waals surface area contributed by atoms with Crippen LogP contribution in [0.2, 0.25) is 5.02 Å². The summed E-state index contributed by atoms with van der Waals surface area (Å²) in [4.78, 5) is 27.9. The maximum atomic E-state index is 12.7. The number of hydrogen-bond acceptors (Lipinski definition) is 6. The second kappa shape index (κ2) is 9.87. The van der Waals surface area contributed by atoms with E-state index in [4.69, 9.17) is 25.9 Å². The topological polar surface area (TPSA) is 110 Å². The summed E-state index contributed by atoms with van der Waals surface area (Å²) in [6, 6.07) is 9.61. The molecule has 0 spiro atoms. The Labute approximate surface area is 190 Å². The van der Waals surface area contributed by atoms with Gasteiger partial charge in [0.15, 0.2) is 12.4 Å². The first kappa shape index (κ1) is 23.3. The van der Waals surface area contributed by atoms with Crippen LogP contribution in [0.15, 0.2) is 40.8 Å². The molecule has 0 atom stereocenters. The number of phenolic OH excluding ortho intramolecular Hbond substituents is 1. The Hall–Kier alpha value is -3.32. The predicted molar refractivity (Wildman–Crippen MR) is 120 cm³/mol. The van der Waals surface area contributed by atoms with Gasteiger partial charge in [-0.3, -0.25) is 4.79 Å². The quantitative estimate of drug-likeness (QED) is 0.413. The summed E-state index contributed by atoms with van der Waals surface area (Å²) < 4.78 is 11.1. The molecular weight excluding hydrogens is 434 g/mol. The van der Waals surface area contributed by atoms with Gasteiger partial charge in [-0.05, 0) is 48.9 Å². The average molecular weight is 458 g/mol. The molecule has 0 aliphatic carbocycles. The lowest BCUT2D eigenvalue weighted by atomic mass is 10.0. The SMILES string of the molecule is Cc1cc(C(=O)CCc2nc(-c3ccc(Cl)cc3O)oc2C(C)C)ccc1OCC(=O)O. The number of aryl methyl sites for hydroxylation is 2. The van der Waals surface area contributed by atoms with Crippen LogP contribution in [0.4, 0.5) is 0 Å². The lowest BCUT2D eigenvalue weighted by Crippen LogP contribution is -2.10. The van der Waals surface area contributed by atoms with Crippen molar-refractivity contribution in [2.75, 3.05) is 6.61 Å². The van der Waals surface area contributed by atoms with Crippen LogP contribution in [0.5, 0.6) is 11.5 Å². The summed E-state index contributed by atoms with van der Waals surface area (Å²) in [6.45, 7) is 5.25. The fraction of sp³-hybridized carbons (Fsp3) is 0.292. The average Bonchev–Trinajstić information content (AvgIpc) is 3.15. The molecule has 8 heteroatoms. The van der Waals surface area contributed by atoms with Gasteiger partial charge in [0.2, 0.25) is 5.89 Å². The summed E-state index contributed by atoms with van der Waals surface area (Å²) >= 11 is 5.90. The molecule has 1 heterocycles.